The van der Waals surface area contributed by atoms with Crippen molar-refractivity contribution in [1.82, 2.24) is 10.3 Å². The van der Waals surface area contributed by atoms with E-state index in [-0.39, 0.29) is 0 Å². The van der Waals surface area contributed by atoms with E-state index in [1.165, 1.54) is 11.3 Å². The standard InChI is InChI=1S/C15H25N3O/c1-3-5-16-11-14-12-17-13(2)10-15(14)18-6-4-8-19-9-7-18/h10,12,16H,3-9,11H2,1-2H3. The van der Waals surface area contributed by atoms with Crippen LogP contribution in [0.15, 0.2) is 12.3 Å². The highest BCUT2D eigenvalue weighted by Gasteiger charge is 2.14. The molecule has 0 spiro atoms. The van der Waals surface area contributed by atoms with E-state index in [1.807, 2.05) is 6.20 Å². The molecule has 2 heterocycles. The average Bonchev–Trinajstić information content (AvgIpc) is 2.69. The molecule has 0 bridgehead atoms. The number of rotatable bonds is 5. The van der Waals surface area contributed by atoms with Crippen molar-refractivity contribution >= 4 is 5.69 Å². The molecule has 1 aliphatic heterocycles. The predicted octanol–water partition coefficient (Wildman–Crippen LogP) is 2.12. The van der Waals surface area contributed by atoms with Crippen molar-refractivity contribution in [3.8, 4) is 0 Å². The summed E-state index contributed by atoms with van der Waals surface area (Å²) < 4.78 is 5.54. The second kappa shape index (κ2) is 7.46. The Morgan fingerprint density at radius 1 is 1.37 bits per heavy atom. The molecule has 1 saturated heterocycles. The lowest BCUT2D eigenvalue weighted by atomic mass is 10.1. The van der Waals surface area contributed by atoms with E-state index in [4.69, 9.17) is 4.74 Å². The Morgan fingerprint density at radius 3 is 3.11 bits per heavy atom. The lowest BCUT2D eigenvalue weighted by Gasteiger charge is -2.25. The van der Waals surface area contributed by atoms with Crippen LogP contribution in [0.5, 0.6) is 0 Å². The molecule has 1 N–H and O–H groups in total. The number of aryl methyl sites for hydroxylation is 1. The fourth-order valence-corrected chi connectivity index (χ4v) is 2.39. The van der Waals surface area contributed by atoms with Crippen molar-refractivity contribution in [3.63, 3.8) is 0 Å². The Morgan fingerprint density at radius 2 is 2.26 bits per heavy atom. The molecule has 0 saturated carbocycles. The summed E-state index contributed by atoms with van der Waals surface area (Å²) in [5.41, 5.74) is 3.70. The minimum atomic E-state index is 0.823. The van der Waals surface area contributed by atoms with Gasteiger partial charge in [-0.1, -0.05) is 6.92 Å². The Hall–Kier alpha value is -1.13. The van der Waals surface area contributed by atoms with Crippen LogP contribution in [0, 0.1) is 6.92 Å². The molecule has 0 unspecified atom stereocenters. The van der Waals surface area contributed by atoms with Gasteiger partial charge in [0, 0.05) is 49.4 Å². The fourth-order valence-electron chi connectivity index (χ4n) is 2.39. The molecule has 1 aromatic rings. The van der Waals surface area contributed by atoms with Gasteiger partial charge in [-0.3, -0.25) is 4.98 Å². The molecule has 0 atom stereocenters. The summed E-state index contributed by atoms with van der Waals surface area (Å²) in [7, 11) is 0. The molecule has 1 aromatic heterocycles. The van der Waals surface area contributed by atoms with E-state index in [2.05, 4.69) is 35.1 Å². The minimum absolute atomic E-state index is 0.823. The van der Waals surface area contributed by atoms with Gasteiger partial charge in [0.05, 0.1) is 6.61 Å². The SMILES string of the molecule is CCCNCc1cnc(C)cc1N1CCCOCC1. The Kier molecular flexibility index (Phi) is 5.61. The number of anilines is 1. The number of hydrogen-bond acceptors (Lipinski definition) is 4. The number of nitrogens with zero attached hydrogens (tertiary/aromatic N) is 2. The summed E-state index contributed by atoms with van der Waals surface area (Å²) in [6, 6.07) is 2.20. The van der Waals surface area contributed by atoms with E-state index in [9.17, 15) is 0 Å². The lowest BCUT2D eigenvalue weighted by molar-refractivity contribution is 0.152. The van der Waals surface area contributed by atoms with Crippen molar-refractivity contribution < 1.29 is 4.74 Å². The molecular weight excluding hydrogens is 238 g/mol. The third-order valence-electron chi connectivity index (χ3n) is 3.40. The van der Waals surface area contributed by atoms with Crippen LogP contribution in [0.2, 0.25) is 0 Å². The van der Waals surface area contributed by atoms with Gasteiger partial charge in [-0.05, 0) is 32.4 Å². The highest BCUT2D eigenvalue weighted by Crippen LogP contribution is 2.22. The summed E-state index contributed by atoms with van der Waals surface area (Å²) >= 11 is 0. The molecule has 0 radical (unpaired) electrons. The van der Waals surface area contributed by atoms with Gasteiger partial charge in [0.15, 0.2) is 0 Å². The summed E-state index contributed by atoms with van der Waals surface area (Å²) in [6.07, 6.45) is 4.27. The van der Waals surface area contributed by atoms with E-state index in [0.29, 0.717) is 0 Å². The molecule has 0 amide bonds. The van der Waals surface area contributed by atoms with E-state index in [0.717, 1.165) is 57.9 Å². The van der Waals surface area contributed by atoms with Gasteiger partial charge in [-0.25, -0.2) is 0 Å². The summed E-state index contributed by atoms with van der Waals surface area (Å²) in [6.45, 7) is 9.94. The van der Waals surface area contributed by atoms with Crippen molar-refractivity contribution in [1.29, 1.82) is 0 Å². The van der Waals surface area contributed by atoms with Crippen LogP contribution in [0.4, 0.5) is 5.69 Å². The molecular formula is C15H25N3O. The summed E-state index contributed by atoms with van der Waals surface area (Å²) in [5, 5.41) is 3.47. The van der Waals surface area contributed by atoms with E-state index >= 15 is 0 Å². The molecule has 0 aliphatic carbocycles. The van der Waals surface area contributed by atoms with Gasteiger partial charge < -0.3 is 15.0 Å². The van der Waals surface area contributed by atoms with Gasteiger partial charge in [0.1, 0.15) is 0 Å². The van der Waals surface area contributed by atoms with Gasteiger partial charge in [0.2, 0.25) is 0 Å². The maximum atomic E-state index is 5.54. The van der Waals surface area contributed by atoms with Gasteiger partial charge in [-0.15, -0.1) is 0 Å². The second-order valence-electron chi connectivity index (χ2n) is 5.08. The maximum absolute atomic E-state index is 5.54. The Balaban J connectivity index is 2.13. The zero-order chi connectivity index (χ0) is 13.5. The summed E-state index contributed by atoms with van der Waals surface area (Å²) in [4.78, 5) is 6.87. The molecule has 4 nitrogen and oxygen atoms in total. The number of ether oxygens (including phenoxy) is 1. The Bertz CT molecular complexity index is 387. The normalized spacial score (nSPS) is 16.4. The first-order valence-electron chi connectivity index (χ1n) is 7.30. The van der Waals surface area contributed by atoms with Crippen LogP contribution >= 0.6 is 0 Å². The third kappa shape index (κ3) is 4.18. The van der Waals surface area contributed by atoms with Gasteiger partial charge in [-0.2, -0.15) is 0 Å². The largest absolute Gasteiger partial charge is 0.380 e. The molecule has 2 rings (SSSR count). The molecule has 19 heavy (non-hydrogen) atoms. The molecule has 106 valence electrons. The number of nitrogens with one attached hydrogen (secondary N) is 1. The van der Waals surface area contributed by atoms with Crippen LogP contribution in [0.1, 0.15) is 31.0 Å². The zero-order valence-electron chi connectivity index (χ0n) is 12.1. The molecule has 0 aromatic carbocycles. The Labute approximate surface area is 116 Å². The van der Waals surface area contributed by atoms with Crippen LogP contribution < -0.4 is 10.2 Å². The summed E-state index contributed by atoms with van der Waals surface area (Å²) in [5.74, 6) is 0. The quantitative estimate of drug-likeness (QED) is 0.826. The maximum Gasteiger partial charge on any atom is 0.0641 e. The van der Waals surface area contributed by atoms with Crippen molar-refractivity contribution in [3.05, 3.63) is 23.5 Å². The van der Waals surface area contributed by atoms with E-state index < -0.39 is 0 Å². The van der Waals surface area contributed by atoms with Crippen molar-refractivity contribution in [2.24, 2.45) is 0 Å². The third-order valence-corrected chi connectivity index (χ3v) is 3.40. The monoisotopic (exact) mass is 263 g/mol. The average molecular weight is 263 g/mol. The molecule has 1 fully saturated rings. The van der Waals surface area contributed by atoms with Crippen LogP contribution in [0.25, 0.3) is 0 Å². The van der Waals surface area contributed by atoms with Gasteiger partial charge in [0.25, 0.3) is 0 Å². The lowest BCUT2D eigenvalue weighted by Crippen LogP contribution is -2.28. The number of hydrogen-bond donors (Lipinski definition) is 1. The van der Waals surface area contributed by atoms with Crippen LogP contribution in [-0.2, 0) is 11.3 Å². The highest BCUT2D eigenvalue weighted by atomic mass is 16.5. The zero-order valence-corrected chi connectivity index (χ0v) is 12.1. The first kappa shape index (κ1) is 14.3. The first-order chi connectivity index (χ1) is 9.31. The van der Waals surface area contributed by atoms with Crippen molar-refractivity contribution in [2.75, 3.05) is 37.7 Å². The first-order valence-corrected chi connectivity index (χ1v) is 7.30. The van der Waals surface area contributed by atoms with Gasteiger partial charge >= 0.3 is 0 Å². The predicted molar refractivity (Wildman–Crippen MR) is 78.6 cm³/mol. The smallest absolute Gasteiger partial charge is 0.0641 e. The van der Waals surface area contributed by atoms with Crippen molar-refractivity contribution in [2.45, 2.75) is 33.2 Å². The van der Waals surface area contributed by atoms with E-state index in [1.54, 1.807) is 0 Å². The topological polar surface area (TPSA) is 37.4 Å². The fraction of sp³-hybridized carbons (Fsp3) is 0.667. The second-order valence-corrected chi connectivity index (χ2v) is 5.08. The molecule has 1 aliphatic rings. The van der Waals surface area contributed by atoms with Crippen LogP contribution in [-0.4, -0.2) is 37.8 Å². The minimum Gasteiger partial charge on any atom is -0.380 e. The van der Waals surface area contributed by atoms with Crippen LogP contribution in [0.3, 0.4) is 0 Å². The molecule has 4 heteroatoms. The number of aromatic nitrogens is 1. The highest BCUT2D eigenvalue weighted by molar-refractivity contribution is 5.53. The number of pyridine rings is 1.